The lowest BCUT2D eigenvalue weighted by Crippen LogP contribution is -2.10. The summed E-state index contributed by atoms with van der Waals surface area (Å²) in [7, 11) is 0. The predicted octanol–water partition coefficient (Wildman–Crippen LogP) is 4.27. The molecule has 1 atom stereocenters. The molecule has 94 valence electrons. The molecular weight excluding hydrogens is 269 g/mol. The Morgan fingerprint density at radius 3 is 2.39 bits per heavy atom. The average Bonchev–Trinajstić information content (AvgIpc) is 2.39. The van der Waals surface area contributed by atoms with Gasteiger partial charge in [0.05, 0.1) is 0 Å². The molecule has 0 aliphatic rings. The number of rotatable bonds is 4. The third kappa shape index (κ3) is 3.25. The maximum atomic E-state index is 13.7. The lowest BCUT2D eigenvalue weighted by Gasteiger charge is -2.15. The molecular formula is C14H13ClFNS. The first-order chi connectivity index (χ1) is 8.70. The highest BCUT2D eigenvalue weighted by Crippen LogP contribution is 2.35. The largest absolute Gasteiger partial charge is 0.329 e. The van der Waals surface area contributed by atoms with Crippen LogP contribution < -0.4 is 5.73 Å². The molecule has 0 saturated carbocycles. The fraction of sp³-hybridized carbons (Fsp3) is 0.143. The van der Waals surface area contributed by atoms with Gasteiger partial charge in [0.2, 0.25) is 0 Å². The van der Waals surface area contributed by atoms with Gasteiger partial charge in [0, 0.05) is 27.3 Å². The molecule has 1 unspecified atom stereocenters. The van der Waals surface area contributed by atoms with Gasteiger partial charge in [-0.05, 0) is 30.3 Å². The van der Waals surface area contributed by atoms with Gasteiger partial charge in [0.25, 0.3) is 0 Å². The molecule has 0 fully saturated rings. The summed E-state index contributed by atoms with van der Waals surface area (Å²) in [6, 6.07) is 14.2. The summed E-state index contributed by atoms with van der Waals surface area (Å²) in [4.78, 5) is 1.03. The molecule has 0 saturated heterocycles. The van der Waals surface area contributed by atoms with Crippen molar-refractivity contribution in [3.05, 3.63) is 64.9 Å². The number of hydrogen-bond donors (Lipinski definition) is 1. The lowest BCUT2D eigenvalue weighted by molar-refractivity contribution is 0.608. The van der Waals surface area contributed by atoms with E-state index in [1.54, 1.807) is 23.9 Å². The van der Waals surface area contributed by atoms with E-state index in [0.29, 0.717) is 17.1 Å². The van der Waals surface area contributed by atoms with E-state index in [0.717, 1.165) is 4.90 Å². The van der Waals surface area contributed by atoms with Crippen LogP contribution in [0.3, 0.4) is 0 Å². The summed E-state index contributed by atoms with van der Waals surface area (Å²) < 4.78 is 13.7. The van der Waals surface area contributed by atoms with Crippen molar-refractivity contribution in [2.24, 2.45) is 5.73 Å². The summed E-state index contributed by atoms with van der Waals surface area (Å²) in [5.41, 5.74) is 6.38. The minimum Gasteiger partial charge on any atom is -0.329 e. The first-order valence-corrected chi connectivity index (χ1v) is 6.83. The summed E-state index contributed by atoms with van der Waals surface area (Å²) in [5, 5.41) is 0.599. The van der Waals surface area contributed by atoms with Crippen molar-refractivity contribution in [1.29, 1.82) is 0 Å². The Bertz CT molecular complexity index is 515. The van der Waals surface area contributed by atoms with Crippen molar-refractivity contribution in [3.63, 3.8) is 0 Å². The van der Waals surface area contributed by atoms with E-state index in [2.05, 4.69) is 0 Å². The molecule has 0 heterocycles. The van der Waals surface area contributed by atoms with Gasteiger partial charge in [0.15, 0.2) is 0 Å². The molecule has 4 heteroatoms. The van der Waals surface area contributed by atoms with Crippen LogP contribution in [-0.2, 0) is 0 Å². The third-order valence-corrected chi connectivity index (χ3v) is 4.09. The van der Waals surface area contributed by atoms with Gasteiger partial charge in [-0.3, -0.25) is 0 Å². The van der Waals surface area contributed by atoms with Crippen LogP contribution in [-0.4, -0.2) is 6.54 Å². The zero-order valence-corrected chi connectivity index (χ0v) is 11.2. The van der Waals surface area contributed by atoms with Crippen LogP contribution in [0.4, 0.5) is 4.39 Å². The maximum Gasteiger partial charge on any atom is 0.127 e. The number of nitrogens with two attached hydrogens (primary N) is 1. The number of halogens is 2. The van der Waals surface area contributed by atoms with E-state index < -0.39 is 0 Å². The van der Waals surface area contributed by atoms with E-state index in [-0.39, 0.29) is 11.1 Å². The van der Waals surface area contributed by atoms with Crippen molar-refractivity contribution in [2.45, 2.75) is 10.1 Å². The molecule has 1 nitrogen and oxygen atoms in total. The monoisotopic (exact) mass is 281 g/mol. The van der Waals surface area contributed by atoms with Crippen molar-refractivity contribution < 1.29 is 4.39 Å². The minimum absolute atomic E-state index is 0.0904. The molecule has 0 radical (unpaired) electrons. The molecule has 2 aromatic carbocycles. The smallest absolute Gasteiger partial charge is 0.127 e. The molecule has 0 aliphatic carbocycles. The quantitative estimate of drug-likeness (QED) is 0.847. The first-order valence-electron chi connectivity index (χ1n) is 5.57. The summed E-state index contributed by atoms with van der Waals surface area (Å²) in [6.45, 7) is 0.383. The van der Waals surface area contributed by atoms with Gasteiger partial charge in [-0.15, -0.1) is 11.8 Å². The van der Waals surface area contributed by atoms with E-state index in [4.69, 9.17) is 17.3 Å². The number of thioether (sulfide) groups is 1. The average molecular weight is 282 g/mol. The zero-order valence-electron chi connectivity index (χ0n) is 9.64. The second kappa shape index (κ2) is 6.23. The normalized spacial score (nSPS) is 12.4. The van der Waals surface area contributed by atoms with Crippen molar-refractivity contribution in [2.75, 3.05) is 6.54 Å². The van der Waals surface area contributed by atoms with Gasteiger partial charge >= 0.3 is 0 Å². The summed E-state index contributed by atoms with van der Waals surface area (Å²) in [6.07, 6.45) is 0. The highest BCUT2D eigenvalue weighted by Gasteiger charge is 2.15. The van der Waals surface area contributed by atoms with Gasteiger partial charge in [-0.2, -0.15) is 0 Å². The minimum atomic E-state index is -0.214. The van der Waals surface area contributed by atoms with Crippen LogP contribution in [0.15, 0.2) is 53.4 Å². The van der Waals surface area contributed by atoms with Gasteiger partial charge in [0.1, 0.15) is 5.82 Å². The van der Waals surface area contributed by atoms with Crippen LogP contribution in [0.25, 0.3) is 0 Å². The van der Waals surface area contributed by atoms with Crippen molar-refractivity contribution in [3.8, 4) is 0 Å². The van der Waals surface area contributed by atoms with E-state index >= 15 is 0 Å². The van der Waals surface area contributed by atoms with Crippen LogP contribution in [0.2, 0.25) is 5.02 Å². The molecule has 0 aliphatic heterocycles. The van der Waals surface area contributed by atoms with E-state index in [9.17, 15) is 4.39 Å². The van der Waals surface area contributed by atoms with Crippen molar-refractivity contribution >= 4 is 23.4 Å². The van der Waals surface area contributed by atoms with Gasteiger partial charge in [-0.1, -0.05) is 29.8 Å². The van der Waals surface area contributed by atoms with Crippen LogP contribution in [0, 0.1) is 5.82 Å². The zero-order chi connectivity index (χ0) is 13.0. The first kappa shape index (κ1) is 13.4. The fourth-order valence-electron chi connectivity index (χ4n) is 1.65. The van der Waals surface area contributed by atoms with Crippen LogP contribution in [0.1, 0.15) is 10.8 Å². The Morgan fingerprint density at radius 2 is 1.78 bits per heavy atom. The molecule has 0 amide bonds. The molecule has 0 aromatic heterocycles. The summed E-state index contributed by atoms with van der Waals surface area (Å²) >= 11 is 7.37. The second-order valence-electron chi connectivity index (χ2n) is 3.82. The fourth-order valence-corrected chi connectivity index (χ4v) is 2.81. The Balaban J connectivity index is 2.20. The third-order valence-electron chi connectivity index (χ3n) is 2.56. The van der Waals surface area contributed by atoms with Crippen LogP contribution >= 0.6 is 23.4 Å². The molecule has 2 aromatic rings. The Hall–Kier alpha value is -1.03. The Labute approximate surface area is 115 Å². The molecule has 2 N–H and O–H groups in total. The molecule has 0 bridgehead atoms. The maximum absolute atomic E-state index is 13.7. The Kier molecular flexibility index (Phi) is 4.64. The molecule has 0 spiro atoms. The van der Waals surface area contributed by atoms with Crippen molar-refractivity contribution in [1.82, 2.24) is 0 Å². The highest BCUT2D eigenvalue weighted by atomic mass is 35.5. The van der Waals surface area contributed by atoms with E-state index in [1.807, 2.05) is 30.3 Å². The predicted molar refractivity (Wildman–Crippen MR) is 75.5 cm³/mol. The summed E-state index contributed by atoms with van der Waals surface area (Å²) in [5.74, 6) is -0.214. The molecule has 2 rings (SSSR count). The standard InChI is InChI=1S/C14H13ClFNS/c15-10-5-7-11(8-6-10)18-14(9-17)12-3-1-2-4-13(12)16/h1-8,14H,9,17H2. The second-order valence-corrected chi connectivity index (χ2v) is 5.53. The van der Waals surface area contributed by atoms with Gasteiger partial charge in [-0.25, -0.2) is 4.39 Å². The number of hydrogen-bond acceptors (Lipinski definition) is 2. The van der Waals surface area contributed by atoms with E-state index in [1.165, 1.54) is 6.07 Å². The highest BCUT2D eigenvalue weighted by molar-refractivity contribution is 7.99. The number of benzene rings is 2. The SMILES string of the molecule is NCC(Sc1ccc(Cl)cc1)c1ccccc1F. The van der Waals surface area contributed by atoms with Gasteiger partial charge < -0.3 is 5.73 Å². The van der Waals surface area contributed by atoms with Crippen LogP contribution in [0.5, 0.6) is 0 Å². The molecule has 18 heavy (non-hydrogen) atoms. The Morgan fingerprint density at radius 1 is 1.11 bits per heavy atom. The lowest BCUT2D eigenvalue weighted by atomic mass is 10.1. The topological polar surface area (TPSA) is 26.0 Å².